The maximum atomic E-state index is 5.93. The normalized spacial score (nSPS) is 31.3. The summed E-state index contributed by atoms with van der Waals surface area (Å²) >= 11 is 0. The van der Waals surface area contributed by atoms with Gasteiger partial charge in [0.05, 0.1) is 0 Å². The van der Waals surface area contributed by atoms with Crippen LogP contribution < -0.4 is 5.73 Å². The number of aromatic nitrogens is 3. The van der Waals surface area contributed by atoms with E-state index in [-0.39, 0.29) is 0 Å². The van der Waals surface area contributed by atoms with Crippen LogP contribution in [0.15, 0.2) is 0 Å². The Morgan fingerprint density at radius 1 is 1.06 bits per heavy atom. The summed E-state index contributed by atoms with van der Waals surface area (Å²) in [7, 11) is 0. The molecule has 0 saturated heterocycles. The molecule has 88 valence electrons. The maximum Gasteiger partial charge on any atom is 0.153 e. The Morgan fingerprint density at radius 2 is 1.88 bits per heavy atom. The summed E-state index contributed by atoms with van der Waals surface area (Å²) in [6, 6.07) is 0.360. The van der Waals surface area contributed by atoms with Gasteiger partial charge >= 0.3 is 0 Å². The van der Waals surface area contributed by atoms with E-state index in [9.17, 15) is 0 Å². The Kier molecular flexibility index (Phi) is 2.67. The zero-order chi connectivity index (χ0) is 11.0. The number of hydrogen-bond acceptors (Lipinski definition) is 3. The fourth-order valence-electron chi connectivity index (χ4n) is 3.10. The molecule has 1 aromatic heterocycles. The van der Waals surface area contributed by atoms with Gasteiger partial charge in [0, 0.05) is 17.9 Å². The molecule has 2 aliphatic carbocycles. The van der Waals surface area contributed by atoms with E-state index in [1.54, 1.807) is 0 Å². The lowest BCUT2D eigenvalue weighted by Gasteiger charge is -2.04. The van der Waals surface area contributed by atoms with Crippen LogP contribution in [0.4, 0.5) is 0 Å². The Bertz CT molecular complexity index is 354. The molecule has 2 saturated carbocycles. The molecule has 0 amide bonds. The van der Waals surface area contributed by atoms with Gasteiger partial charge in [-0.2, -0.15) is 5.10 Å². The lowest BCUT2D eigenvalue weighted by Crippen LogP contribution is -2.14. The van der Waals surface area contributed by atoms with Gasteiger partial charge < -0.3 is 5.73 Å². The third-order valence-corrected chi connectivity index (χ3v) is 4.10. The molecule has 2 aliphatic rings. The van der Waals surface area contributed by atoms with Crippen molar-refractivity contribution in [1.29, 1.82) is 0 Å². The molecule has 3 N–H and O–H groups in total. The van der Waals surface area contributed by atoms with Crippen LogP contribution in [-0.4, -0.2) is 21.2 Å². The fraction of sp³-hybridized carbons (Fsp3) is 0.833. The van der Waals surface area contributed by atoms with Crippen LogP contribution in [0.25, 0.3) is 0 Å². The number of H-pyrrole nitrogens is 1. The van der Waals surface area contributed by atoms with E-state index in [0.717, 1.165) is 30.9 Å². The third-order valence-electron chi connectivity index (χ3n) is 4.10. The molecule has 0 aromatic carbocycles. The lowest BCUT2D eigenvalue weighted by atomic mass is 10.1. The molecule has 2 fully saturated rings. The van der Waals surface area contributed by atoms with Crippen LogP contribution in [0.1, 0.15) is 68.4 Å². The Balaban J connectivity index is 1.72. The Labute approximate surface area is 96.0 Å². The van der Waals surface area contributed by atoms with Gasteiger partial charge in [-0.1, -0.05) is 12.8 Å². The van der Waals surface area contributed by atoms with E-state index in [4.69, 9.17) is 5.73 Å². The number of aromatic amines is 1. The molecular weight excluding hydrogens is 200 g/mol. The van der Waals surface area contributed by atoms with Gasteiger partial charge in [-0.3, -0.25) is 5.10 Å². The predicted octanol–water partition coefficient (Wildman–Crippen LogP) is 2.06. The molecule has 0 bridgehead atoms. The highest BCUT2D eigenvalue weighted by Gasteiger charge is 2.28. The van der Waals surface area contributed by atoms with Gasteiger partial charge in [0.25, 0.3) is 0 Å². The van der Waals surface area contributed by atoms with Crippen molar-refractivity contribution >= 4 is 0 Å². The van der Waals surface area contributed by atoms with E-state index in [1.165, 1.54) is 25.7 Å². The minimum atomic E-state index is 0.360. The smallest absolute Gasteiger partial charge is 0.153 e. The molecular formula is C12H20N4. The first-order chi connectivity index (χ1) is 7.83. The monoisotopic (exact) mass is 220 g/mol. The van der Waals surface area contributed by atoms with Gasteiger partial charge in [-0.15, -0.1) is 0 Å². The highest BCUT2D eigenvalue weighted by molar-refractivity contribution is 5.06. The molecule has 16 heavy (non-hydrogen) atoms. The summed E-state index contributed by atoms with van der Waals surface area (Å²) in [5.74, 6) is 3.26. The molecule has 0 spiro atoms. The Hall–Kier alpha value is -0.900. The van der Waals surface area contributed by atoms with Crippen molar-refractivity contribution in [2.24, 2.45) is 5.73 Å². The highest BCUT2D eigenvalue weighted by Crippen LogP contribution is 2.35. The first-order valence-electron chi connectivity index (χ1n) is 6.50. The van der Waals surface area contributed by atoms with Crippen molar-refractivity contribution in [3.63, 3.8) is 0 Å². The SMILES string of the molecule is NC1CCC(c2n[nH]c(C3CCCC3)n2)C1. The third kappa shape index (κ3) is 1.86. The van der Waals surface area contributed by atoms with Crippen LogP contribution in [0.3, 0.4) is 0 Å². The first-order valence-corrected chi connectivity index (χ1v) is 6.50. The predicted molar refractivity (Wildman–Crippen MR) is 62.2 cm³/mol. The van der Waals surface area contributed by atoms with E-state index in [1.807, 2.05) is 0 Å². The zero-order valence-electron chi connectivity index (χ0n) is 9.65. The summed E-state index contributed by atoms with van der Waals surface area (Å²) in [5.41, 5.74) is 5.93. The van der Waals surface area contributed by atoms with Crippen molar-refractivity contribution in [2.45, 2.75) is 62.8 Å². The van der Waals surface area contributed by atoms with Gasteiger partial charge in [-0.05, 0) is 32.1 Å². The number of nitrogens with two attached hydrogens (primary N) is 1. The van der Waals surface area contributed by atoms with Crippen LogP contribution in [0.2, 0.25) is 0 Å². The van der Waals surface area contributed by atoms with Crippen molar-refractivity contribution in [1.82, 2.24) is 15.2 Å². The summed E-state index contributed by atoms with van der Waals surface area (Å²) in [5, 5.41) is 7.52. The molecule has 2 atom stereocenters. The molecule has 2 unspecified atom stereocenters. The van der Waals surface area contributed by atoms with Gasteiger partial charge in [0.15, 0.2) is 5.82 Å². The fourth-order valence-corrected chi connectivity index (χ4v) is 3.10. The second-order valence-electron chi connectivity index (χ2n) is 5.33. The van der Waals surface area contributed by atoms with Crippen molar-refractivity contribution in [3.8, 4) is 0 Å². The van der Waals surface area contributed by atoms with Crippen molar-refractivity contribution in [2.75, 3.05) is 0 Å². The molecule has 0 radical (unpaired) electrons. The standard InChI is InChI=1S/C12H20N4/c13-10-6-5-9(7-10)12-14-11(15-16-12)8-3-1-2-4-8/h8-10H,1-7,13H2,(H,14,15,16). The number of hydrogen-bond donors (Lipinski definition) is 2. The molecule has 1 heterocycles. The second-order valence-corrected chi connectivity index (χ2v) is 5.33. The number of rotatable bonds is 2. The van der Waals surface area contributed by atoms with E-state index < -0.39 is 0 Å². The van der Waals surface area contributed by atoms with Crippen LogP contribution >= 0.6 is 0 Å². The highest BCUT2D eigenvalue weighted by atomic mass is 15.2. The summed E-state index contributed by atoms with van der Waals surface area (Å²) in [6.07, 6.45) is 8.57. The van der Waals surface area contributed by atoms with Gasteiger partial charge in [-0.25, -0.2) is 4.98 Å². The second kappa shape index (κ2) is 4.17. The van der Waals surface area contributed by atoms with Crippen LogP contribution in [-0.2, 0) is 0 Å². The van der Waals surface area contributed by atoms with E-state index in [0.29, 0.717) is 17.9 Å². The zero-order valence-corrected chi connectivity index (χ0v) is 9.65. The van der Waals surface area contributed by atoms with Crippen LogP contribution in [0, 0.1) is 0 Å². The quantitative estimate of drug-likeness (QED) is 0.801. The summed E-state index contributed by atoms with van der Waals surface area (Å²) in [6.45, 7) is 0. The molecule has 0 aliphatic heterocycles. The van der Waals surface area contributed by atoms with E-state index >= 15 is 0 Å². The summed E-state index contributed by atoms with van der Waals surface area (Å²) < 4.78 is 0. The molecule has 1 aromatic rings. The van der Waals surface area contributed by atoms with Crippen molar-refractivity contribution in [3.05, 3.63) is 11.6 Å². The van der Waals surface area contributed by atoms with Crippen molar-refractivity contribution < 1.29 is 0 Å². The average molecular weight is 220 g/mol. The van der Waals surface area contributed by atoms with Gasteiger partial charge in [0.2, 0.25) is 0 Å². The largest absolute Gasteiger partial charge is 0.328 e. The maximum absolute atomic E-state index is 5.93. The topological polar surface area (TPSA) is 67.6 Å². The molecule has 4 heteroatoms. The lowest BCUT2D eigenvalue weighted by molar-refractivity contribution is 0.641. The molecule has 4 nitrogen and oxygen atoms in total. The summed E-state index contributed by atoms with van der Waals surface area (Å²) in [4.78, 5) is 4.69. The van der Waals surface area contributed by atoms with Crippen LogP contribution in [0.5, 0.6) is 0 Å². The Morgan fingerprint density at radius 3 is 2.56 bits per heavy atom. The first kappa shape index (κ1) is 10.3. The van der Waals surface area contributed by atoms with Gasteiger partial charge in [0.1, 0.15) is 5.82 Å². The number of nitrogens with zero attached hydrogens (tertiary/aromatic N) is 2. The minimum absolute atomic E-state index is 0.360. The van der Waals surface area contributed by atoms with E-state index in [2.05, 4.69) is 15.2 Å². The minimum Gasteiger partial charge on any atom is -0.328 e. The average Bonchev–Trinajstić information content (AvgIpc) is 2.97. The molecule has 3 rings (SSSR count). The number of nitrogens with one attached hydrogen (secondary N) is 1.